The van der Waals surface area contributed by atoms with Crippen molar-refractivity contribution in [3.63, 3.8) is 0 Å². The van der Waals surface area contributed by atoms with E-state index in [1.54, 1.807) is 4.52 Å². The predicted molar refractivity (Wildman–Crippen MR) is 75.2 cm³/mol. The fourth-order valence-electron chi connectivity index (χ4n) is 1.92. The van der Waals surface area contributed by atoms with Crippen molar-refractivity contribution < 1.29 is 14.3 Å². The molecule has 1 aromatic carbocycles. The highest BCUT2D eigenvalue weighted by Crippen LogP contribution is 2.31. The quantitative estimate of drug-likeness (QED) is 0.805. The first-order valence-corrected chi connectivity index (χ1v) is 6.87. The van der Waals surface area contributed by atoms with Gasteiger partial charge in [-0.25, -0.2) is 18.7 Å². The lowest BCUT2D eigenvalue weighted by Crippen LogP contribution is -1.98. The van der Waals surface area contributed by atoms with Gasteiger partial charge in [-0.2, -0.15) is 5.10 Å². The van der Waals surface area contributed by atoms with Gasteiger partial charge in [-0.3, -0.25) is 0 Å². The van der Waals surface area contributed by atoms with Gasteiger partial charge in [-0.15, -0.1) is 0 Å². The van der Waals surface area contributed by atoms with Gasteiger partial charge >= 0.3 is 5.97 Å². The molecule has 0 amide bonds. The lowest BCUT2D eigenvalue weighted by atomic mass is 10.2. The molecule has 0 aliphatic rings. The number of nitrogens with zero attached hydrogens (tertiary/aromatic N) is 3. The number of carboxylic acids is 1. The lowest BCUT2D eigenvalue weighted by molar-refractivity contribution is 0.0696. The minimum atomic E-state index is -1.09. The molecule has 0 saturated carbocycles. The molecule has 0 aliphatic carbocycles. The Balaban J connectivity index is 2.08. The highest BCUT2D eigenvalue weighted by molar-refractivity contribution is 7.99. The van der Waals surface area contributed by atoms with Gasteiger partial charge in [-0.05, 0) is 42.8 Å². The van der Waals surface area contributed by atoms with Gasteiger partial charge in [0, 0.05) is 0 Å². The number of halogens is 1. The third-order valence-electron chi connectivity index (χ3n) is 2.88. The maximum Gasteiger partial charge on any atom is 0.335 e. The van der Waals surface area contributed by atoms with Crippen molar-refractivity contribution in [3.05, 3.63) is 53.6 Å². The van der Waals surface area contributed by atoms with Crippen molar-refractivity contribution in [2.45, 2.75) is 16.8 Å². The molecule has 0 spiro atoms. The topological polar surface area (TPSA) is 67.5 Å². The molecule has 1 N–H and O–H groups in total. The third-order valence-corrected chi connectivity index (χ3v) is 3.92. The van der Waals surface area contributed by atoms with Gasteiger partial charge in [0.2, 0.25) is 0 Å². The second-order valence-electron chi connectivity index (χ2n) is 4.45. The van der Waals surface area contributed by atoms with Crippen LogP contribution in [0.5, 0.6) is 0 Å². The molecular weight excluding hydrogens is 293 g/mol. The molecule has 0 atom stereocenters. The van der Waals surface area contributed by atoms with Crippen LogP contribution in [-0.2, 0) is 0 Å². The largest absolute Gasteiger partial charge is 0.478 e. The van der Waals surface area contributed by atoms with Crippen molar-refractivity contribution in [1.82, 2.24) is 14.6 Å². The highest BCUT2D eigenvalue weighted by atomic mass is 32.2. The molecule has 0 radical (unpaired) electrons. The average Bonchev–Trinajstić information content (AvgIpc) is 2.89. The first-order chi connectivity index (χ1) is 10.0. The third kappa shape index (κ3) is 2.59. The summed E-state index contributed by atoms with van der Waals surface area (Å²) in [7, 11) is 0. The van der Waals surface area contributed by atoms with Gasteiger partial charge < -0.3 is 5.11 Å². The molecule has 0 bridgehead atoms. The number of pyridine rings is 1. The standard InChI is InChI=1S/C14H10FN3O2S/c1-8-4-12-16-7-17-18(12)13(5-8)21-11-6-9(14(19)20)2-3-10(11)15/h2-7H,1H3,(H,19,20). The fourth-order valence-corrected chi connectivity index (χ4v) is 2.97. The van der Waals surface area contributed by atoms with Crippen LogP contribution in [0.4, 0.5) is 4.39 Å². The number of hydrogen-bond acceptors (Lipinski definition) is 4. The van der Waals surface area contributed by atoms with E-state index in [0.29, 0.717) is 10.7 Å². The normalized spacial score (nSPS) is 11.0. The Morgan fingerprint density at radius 2 is 2.14 bits per heavy atom. The summed E-state index contributed by atoms with van der Waals surface area (Å²) in [6.45, 7) is 1.91. The van der Waals surface area contributed by atoms with Gasteiger partial charge in [0.15, 0.2) is 5.65 Å². The fraction of sp³-hybridized carbons (Fsp3) is 0.0714. The van der Waals surface area contributed by atoms with Crippen molar-refractivity contribution >= 4 is 23.4 Å². The summed E-state index contributed by atoms with van der Waals surface area (Å²) in [5.41, 5.74) is 1.67. The Bertz CT molecular complexity index is 847. The van der Waals surface area contributed by atoms with Crippen LogP contribution in [0.15, 0.2) is 46.6 Å². The molecule has 7 heteroatoms. The summed E-state index contributed by atoms with van der Waals surface area (Å²) in [5, 5.41) is 13.7. The van der Waals surface area contributed by atoms with E-state index >= 15 is 0 Å². The number of aromatic nitrogens is 3. The monoisotopic (exact) mass is 303 g/mol. The minimum absolute atomic E-state index is 0.0430. The smallest absolute Gasteiger partial charge is 0.335 e. The molecule has 2 heterocycles. The van der Waals surface area contributed by atoms with Crippen LogP contribution in [0.3, 0.4) is 0 Å². The van der Waals surface area contributed by atoms with Crippen LogP contribution in [0.2, 0.25) is 0 Å². The molecule has 0 aliphatic heterocycles. The molecule has 0 saturated heterocycles. The van der Waals surface area contributed by atoms with Crippen molar-refractivity contribution in [3.8, 4) is 0 Å². The summed E-state index contributed by atoms with van der Waals surface area (Å²) < 4.78 is 15.5. The highest BCUT2D eigenvalue weighted by Gasteiger charge is 2.12. The van der Waals surface area contributed by atoms with Crippen molar-refractivity contribution in [2.75, 3.05) is 0 Å². The van der Waals surface area contributed by atoms with E-state index in [2.05, 4.69) is 10.1 Å². The lowest BCUT2D eigenvalue weighted by Gasteiger charge is -2.07. The van der Waals surface area contributed by atoms with Crippen LogP contribution in [-0.4, -0.2) is 25.7 Å². The SMILES string of the molecule is Cc1cc(Sc2cc(C(=O)O)ccc2F)n2ncnc2c1. The molecule has 2 aromatic heterocycles. The minimum Gasteiger partial charge on any atom is -0.478 e. The van der Waals surface area contributed by atoms with E-state index in [0.717, 1.165) is 23.4 Å². The average molecular weight is 303 g/mol. The first kappa shape index (κ1) is 13.6. The van der Waals surface area contributed by atoms with Crippen LogP contribution >= 0.6 is 11.8 Å². The summed E-state index contributed by atoms with van der Waals surface area (Å²) in [4.78, 5) is 15.3. The molecule has 0 unspecified atom stereocenters. The second kappa shape index (κ2) is 5.17. The summed E-state index contributed by atoms with van der Waals surface area (Å²) in [6.07, 6.45) is 1.42. The Morgan fingerprint density at radius 3 is 2.90 bits per heavy atom. The second-order valence-corrected chi connectivity index (χ2v) is 5.52. The number of fused-ring (bicyclic) bond motifs is 1. The molecule has 3 aromatic rings. The van der Waals surface area contributed by atoms with Gasteiger partial charge in [0.25, 0.3) is 0 Å². The van der Waals surface area contributed by atoms with Crippen LogP contribution in [0.25, 0.3) is 5.65 Å². The van der Waals surface area contributed by atoms with E-state index in [9.17, 15) is 9.18 Å². The number of carboxylic acid groups (broad SMARTS) is 1. The number of aryl methyl sites for hydroxylation is 1. The zero-order chi connectivity index (χ0) is 15.0. The Kier molecular flexibility index (Phi) is 3.34. The van der Waals surface area contributed by atoms with E-state index < -0.39 is 11.8 Å². The van der Waals surface area contributed by atoms with E-state index in [-0.39, 0.29) is 10.5 Å². The molecule has 0 fully saturated rings. The van der Waals surface area contributed by atoms with Crippen LogP contribution in [0, 0.1) is 12.7 Å². The Morgan fingerprint density at radius 1 is 1.33 bits per heavy atom. The van der Waals surface area contributed by atoms with E-state index in [1.165, 1.54) is 18.5 Å². The molecule has 5 nitrogen and oxygen atoms in total. The van der Waals surface area contributed by atoms with Gasteiger partial charge in [-0.1, -0.05) is 11.8 Å². The first-order valence-electron chi connectivity index (χ1n) is 6.05. The predicted octanol–water partition coefficient (Wildman–Crippen LogP) is 3.03. The Labute approximate surface area is 123 Å². The number of aromatic carboxylic acids is 1. The number of hydrogen-bond donors (Lipinski definition) is 1. The van der Waals surface area contributed by atoms with E-state index in [1.807, 2.05) is 19.1 Å². The maximum absolute atomic E-state index is 13.9. The van der Waals surface area contributed by atoms with Crippen molar-refractivity contribution in [2.24, 2.45) is 0 Å². The summed E-state index contributed by atoms with van der Waals surface area (Å²) in [5.74, 6) is -1.56. The number of carbonyl (C=O) groups is 1. The van der Waals surface area contributed by atoms with E-state index in [4.69, 9.17) is 5.11 Å². The zero-order valence-corrected chi connectivity index (χ0v) is 11.8. The molecular formula is C14H10FN3O2S. The Hall–Kier alpha value is -2.41. The maximum atomic E-state index is 13.9. The van der Waals surface area contributed by atoms with Gasteiger partial charge in [0.05, 0.1) is 10.5 Å². The molecule has 106 valence electrons. The number of benzene rings is 1. The van der Waals surface area contributed by atoms with Crippen molar-refractivity contribution in [1.29, 1.82) is 0 Å². The van der Waals surface area contributed by atoms with Gasteiger partial charge in [0.1, 0.15) is 17.2 Å². The summed E-state index contributed by atoms with van der Waals surface area (Å²) in [6, 6.07) is 7.41. The number of rotatable bonds is 3. The summed E-state index contributed by atoms with van der Waals surface area (Å²) >= 11 is 1.12. The zero-order valence-electron chi connectivity index (χ0n) is 10.9. The molecule has 21 heavy (non-hydrogen) atoms. The van der Waals surface area contributed by atoms with Crippen LogP contribution < -0.4 is 0 Å². The molecule has 3 rings (SSSR count). The van der Waals surface area contributed by atoms with Crippen LogP contribution in [0.1, 0.15) is 15.9 Å².